The Morgan fingerprint density at radius 1 is 1.15 bits per heavy atom. The molecule has 1 atom stereocenters. The van der Waals surface area contributed by atoms with E-state index in [9.17, 15) is 9.50 Å². The smallest absolute Gasteiger partial charge is 0.165 e. The average Bonchev–Trinajstić information content (AvgIpc) is 2.46. The van der Waals surface area contributed by atoms with Crippen molar-refractivity contribution in [3.8, 4) is 5.75 Å². The minimum Gasteiger partial charge on any atom is -0.494 e. The fourth-order valence-electron chi connectivity index (χ4n) is 2.23. The van der Waals surface area contributed by atoms with Crippen molar-refractivity contribution >= 4 is 0 Å². The number of aryl methyl sites for hydroxylation is 1. The Morgan fingerprint density at radius 2 is 1.85 bits per heavy atom. The second-order valence-electron chi connectivity index (χ2n) is 4.96. The third-order valence-electron chi connectivity index (χ3n) is 3.47. The molecular formula is C17H19FO2. The first-order valence-corrected chi connectivity index (χ1v) is 6.64. The lowest BCUT2D eigenvalue weighted by molar-refractivity contribution is 0.264. The van der Waals surface area contributed by atoms with Crippen molar-refractivity contribution < 1.29 is 14.2 Å². The second kappa shape index (κ2) is 6.53. The van der Waals surface area contributed by atoms with Gasteiger partial charge in [-0.15, -0.1) is 0 Å². The maximum Gasteiger partial charge on any atom is 0.165 e. The van der Waals surface area contributed by atoms with Crippen LogP contribution < -0.4 is 4.74 Å². The molecule has 2 aromatic carbocycles. The number of methoxy groups -OCH3 is 1. The van der Waals surface area contributed by atoms with Crippen molar-refractivity contribution in [1.29, 1.82) is 0 Å². The van der Waals surface area contributed by atoms with Gasteiger partial charge in [0.15, 0.2) is 11.6 Å². The molecule has 2 rings (SSSR count). The maximum atomic E-state index is 13.7. The highest BCUT2D eigenvalue weighted by molar-refractivity contribution is 5.33. The van der Waals surface area contributed by atoms with Crippen LogP contribution in [0.25, 0.3) is 0 Å². The molecule has 0 radical (unpaired) electrons. The van der Waals surface area contributed by atoms with E-state index in [4.69, 9.17) is 4.74 Å². The van der Waals surface area contributed by atoms with Gasteiger partial charge in [0, 0.05) is 5.92 Å². The van der Waals surface area contributed by atoms with Crippen molar-refractivity contribution in [3.05, 3.63) is 65.0 Å². The fourth-order valence-corrected chi connectivity index (χ4v) is 2.23. The molecule has 2 aromatic rings. The van der Waals surface area contributed by atoms with E-state index in [0.717, 1.165) is 11.1 Å². The van der Waals surface area contributed by atoms with Crippen LogP contribution in [0.1, 0.15) is 22.6 Å². The SMILES string of the molecule is COc1ccc(C(CO)Cc2ccc(C)cc2)cc1F. The van der Waals surface area contributed by atoms with Gasteiger partial charge in [0.05, 0.1) is 13.7 Å². The van der Waals surface area contributed by atoms with E-state index in [0.29, 0.717) is 6.42 Å². The zero-order chi connectivity index (χ0) is 14.5. The van der Waals surface area contributed by atoms with E-state index in [1.165, 1.54) is 18.7 Å². The summed E-state index contributed by atoms with van der Waals surface area (Å²) in [5.41, 5.74) is 3.11. The van der Waals surface area contributed by atoms with Crippen LogP contribution in [0.3, 0.4) is 0 Å². The topological polar surface area (TPSA) is 29.5 Å². The van der Waals surface area contributed by atoms with Crippen LogP contribution in [0, 0.1) is 12.7 Å². The van der Waals surface area contributed by atoms with Crippen molar-refractivity contribution in [2.24, 2.45) is 0 Å². The summed E-state index contributed by atoms with van der Waals surface area (Å²) in [6.07, 6.45) is 0.683. The van der Waals surface area contributed by atoms with E-state index in [1.807, 2.05) is 31.2 Å². The fraction of sp³-hybridized carbons (Fsp3) is 0.294. The second-order valence-corrected chi connectivity index (χ2v) is 4.96. The quantitative estimate of drug-likeness (QED) is 0.904. The standard InChI is InChI=1S/C17H19FO2/c1-12-3-5-13(6-4-12)9-15(11-19)14-7-8-17(20-2)16(18)10-14/h3-8,10,15,19H,9,11H2,1-2H3. The summed E-state index contributed by atoms with van der Waals surface area (Å²) in [5, 5.41) is 9.56. The highest BCUT2D eigenvalue weighted by Gasteiger charge is 2.14. The average molecular weight is 274 g/mol. The summed E-state index contributed by atoms with van der Waals surface area (Å²) in [5.74, 6) is -0.286. The molecule has 0 aromatic heterocycles. The molecule has 0 saturated carbocycles. The first kappa shape index (κ1) is 14.5. The minimum absolute atomic E-state index is 0.0142. The lowest BCUT2D eigenvalue weighted by Gasteiger charge is -2.16. The molecule has 0 aliphatic carbocycles. The van der Waals surface area contributed by atoms with Gasteiger partial charge in [0.1, 0.15) is 0 Å². The summed E-state index contributed by atoms with van der Waals surface area (Å²) in [7, 11) is 1.44. The van der Waals surface area contributed by atoms with Crippen molar-refractivity contribution in [3.63, 3.8) is 0 Å². The number of rotatable bonds is 5. The van der Waals surface area contributed by atoms with E-state index in [2.05, 4.69) is 0 Å². The van der Waals surface area contributed by atoms with Gasteiger partial charge >= 0.3 is 0 Å². The van der Waals surface area contributed by atoms with Crippen LogP contribution in [0.2, 0.25) is 0 Å². The van der Waals surface area contributed by atoms with E-state index < -0.39 is 5.82 Å². The molecule has 1 unspecified atom stereocenters. The Bertz CT molecular complexity index is 564. The van der Waals surface area contributed by atoms with Gasteiger partial charge in [-0.25, -0.2) is 4.39 Å². The summed E-state index contributed by atoms with van der Waals surface area (Å²) in [6.45, 7) is 2.02. The Morgan fingerprint density at radius 3 is 2.40 bits per heavy atom. The van der Waals surface area contributed by atoms with Gasteiger partial charge in [0.25, 0.3) is 0 Å². The molecule has 0 heterocycles. The Balaban J connectivity index is 2.19. The Labute approximate surface area is 118 Å². The number of aliphatic hydroxyl groups excluding tert-OH is 1. The van der Waals surface area contributed by atoms with Crippen LogP contribution in [-0.4, -0.2) is 18.8 Å². The van der Waals surface area contributed by atoms with Crippen LogP contribution in [0.5, 0.6) is 5.75 Å². The van der Waals surface area contributed by atoms with Gasteiger partial charge in [-0.3, -0.25) is 0 Å². The number of ether oxygens (including phenoxy) is 1. The van der Waals surface area contributed by atoms with E-state index in [1.54, 1.807) is 12.1 Å². The molecule has 1 N–H and O–H groups in total. The van der Waals surface area contributed by atoms with Gasteiger partial charge < -0.3 is 9.84 Å². The normalized spacial score (nSPS) is 12.2. The Hall–Kier alpha value is -1.87. The molecule has 0 amide bonds. The number of benzene rings is 2. The summed E-state index contributed by atoms with van der Waals surface area (Å²) < 4.78 is 18.6. The molecule has 2 nitrogen and oxygen atoms in total. The minimum atomic E-state index is -0.396. The van der Waals surface area contributed by atoms with Crippen LogP contribution in [0.4, 0.5) is 4.39 Å². The monoisotopic (exact) mass is 274 g/mol. The van der Waals surface area contributed by atoms with Gasteiger partial charge in [-0.1, -0.05) is 35.9 Å². The molecule has 20 heavy (non-hydrogen) atoms. The zero-order valence-electron chi connectivity index (χ0n) is 11.8. The van der Waals surface area contributed by atoms with E-state index in [-0.39, 0.29) is 18.3 Å². The first-order chi connectivity index (χ1) is 9.63. The van der Waals surface area contributed by atoms with Gasteiger partial charge in [0.2, 0.25) is 0 Å². The number of hydrogen-bond acceptors (Lipinski definition) is 2. The molecule has 0 spiro atoms. The van der Waals surface area contributed by atoms with Crippen molar-refractivity contribution in [1.82, 2.24) is 0 Å². The lowest BCUT2D eigenvalue weighted by Crippen LogP contribution is -2.08. The molecule has 0 fully saturated rings. The predicted molar refractivity (Wildman–Crippen MR) is 77.7 cm³/mol. The molecule has 0 bridgehead atoms. The number of aliphatic hydroxyl groups is 1. The molecule has 0 aliphatic heterocycles. The number of halogens is 1. The van der Waals surface area contributed by atoms with Gasteiger partial charge in [-0.2, -0.15) is 0 Å². The molecule has 106 valence electrons. The van der Waals surface area contributed by atoms with E-state index >= 15 is 0 Å². The summed E-state index contributed by atoms with van der Waals surface area (Å²) in [4.78, 5) is 0. The summed E-state index contributed by atoms with van der Waals surface area (Å²) >= 11 is 0. The molecule has 0 aliphatic rings. The highest BCUT2D eigenvalue weighted by Crippen LogP contribution is 2.25. The molecule has 0 saturated heterocycles. The number of hydrogen-bond donors (Lipinski definition) is 1. The molecule has 3 heteroatoms. The third kappa shape index (κ3) is 3.36. The highest BCUT2D eigenvalue weighted by atomic mass is 19.1. The zero-order valence-corrected chi connectivity index (χ0v) is 11.8. The first-order valence-electron chi connectivity index (χ1n) is 6.64. The maximum absolute atomic E-state index is 13.7. The summed E-state index contributed by atoms with van der Waals surface area (Å²) in [6, 6.07) is 13.0. The Kier molecular flexibility index (Phi) is 4.74. The van der Waals surface area contributed by atoms with Crippen LogP contribution in [-0.2, 0) is 6.42 Å². The van der Waals surface area contributed by atoms with Crippen molar-refractivity contribution in [2.75, 3.05) is 13.7 Å². The van der Waals surface area contributed by atoms with Crippen LogP contribution in [0.15, 0.2) is 42.5 Å². The molecular weight excluding hydrogens is 255 g/mol. The third-order valence-corrected chi connectivity index (χ3v) is 3.47. The lowest BCUT2D eigenvalue weighted by atomic mass is 9.92. The van der Waals surface area contributed by atoms with Crippen LogP contribution >= 0.6 is 0 Å². The largest absolute Gasteiger partial charge is 0.494 e. The predicted octanol–water partition coefficient (Wildman–Crippen LogP) is 3.46. The van der Waals surface area contributed by atoms with Gasteiger partial charge in [-0.05, 0) is 36.6 Å². The van der Waals surface area contributed by atoms with Crippen molar-refractivity contribution in [2.45, 2.75) is 19.3 Å².